The summed E-state index contributed by atoms with van der Waals surface area (Å²) in [6, 6.07) is 28.5. The SMILES string of the molecule is CC(C)(CCCCOc1cc(-c2ccccc2)cc(-c2ccccc2)n1)C(=O)NC(Cc1ccc(O)cc1)C(=O)NCCCCC(N)C(=O)NCC(O)C(O)C(O)C(O)CO. The number of unbranched alkanes of at least 4 members (excludes halogenated alkanes) is 2. The van der Waals surface area contributed by atoms with Crippen LogP contribution in [-0.4, -0.2) is 116 Å². The lowest BCUT2D eigenvalue weighted by Crippen LogP contribution is -2.51. The minimum absolute atomic E-state index is 0.0764. The van der Waals surface area contributed by atoms with Crippen molar-refractivity contribution in [2.45, 2.75) is 95.3 Å². The van der Waals surface area contributed by atoms with Crippen LogP contribution in [0.3, 0.4) is 0 Å². The van der Waals surface area contributed by atoms with Gasteiger partial charge in [0.15, 0.2) is 0 Å². The number of nitrogens with two attached hydrogens (primary N) is 1. The molecule has 1 aromatic heterocycles. The molecule has 0 aliphatic heterocycles. The predicted octanol–water partition coefficient (Wildman–Crippen LogP) is 2.59. The Morgan fingerprint density at radius 1 is 0.754 bits per heavy atom. The molecule has 61 heavy (non-hydrogen) atoms. The van der Waals surface area contributed by atoms with E-state index in [-0.39, 0.29) is 31.0 Å². The molecule has 0 radical (unpaired) electrons. The number of rotatable bonds is 25. The van der Waals surface area contributed by atoms with Crippen LogP contribution >= 0.6 is 0 Å². The van der Waals surface area contributed by atoms with Crippen LogP contribution in [0.1, 0.15) is 57.9 Å². The second kappa shape index (κ2) is 24.1. The summed E-state index contributed by atoms with van der Waals surface area (Å²) in [4.78, 5) is 44.4. The Labute approximate surface area is 357 Å². The minimum Gasteiger partial charge on any atom is -0.508 e. The van der Waals surface area contributed by atoms with Crippen molar-refractivity contribution in [2.24, 2.45) is 11.1 Å². The van der Waals surface area contributed by atoms with Gasteiger partial charge in [-0.25, -0.2) is 4.98 Å². The predicted molar refractivity (Wildman–Crippen MR) is 231 cm³/mol. The number of carbonyl (C=O) groups is 3. The van der Waals surface area contributed by atoms with Crippen molar-refractivity contribution in [1.29, 1.82) is 0 Å². The Bertz CT molecular complexity index is 1890. The third kappa shape index (κ3) is 15.5. The van der Waals surface area contributed by atoms with Crippen LogP contribution in [0.2, 0.25) is 0 Å². The molecule has 0 spiro atoms. The van der Waals surface area contributed by atoms with E-state index in [2.05, 4.69) is 16.0 Å². The zero-order chi connectivity index (χ0) is 44.4. The van der Waals surface area contributed by atoms with Gasteiger partial charge in [0.2, 0.25) is 23.6 Å². The van der Waals surface area contributed by atoms with E-state index in [1.165, 1.54) is 12.1 Å². The third-order valence-corrected chi connectivity index (χ3v) is 10.4. The number of carbonyl (C=O) groups excluding carboxylic acids is 3. The molecule has 4 aromatic rings. The lowest BCUT2D eigenvalue weighted by molar-refractivity contribution is -0.134. The van der Waals surface area contributed by atoms with Gasteiger partial charge in [-0.2, -0.15) is 0 Å². The standard InChI is InChI=1S/C46H61N5O10/c1-46(2,22-10-12-24-61-40-27-33(31-13-5-3-6-14-31)26-36(50-40)32-15-7-4-8-16-32)45(60)51-37(25-30-18-20-34(53)21-19-30)44(59)48-23-11-9-17-35(47)43(58)49-28-38(54)41(56)42(57)39(55)29-52/h3-8,13-16,18-21,26-27,35,37-39,41-42,52-57H,9-12,17,22-25,28-29,47H2,1-2H3,(H,48,59)(H,49,58)(H,51,60). The molecule has 0 bridgehead atoms. The lowest BCUT2D eigenvalue weighted by atomic mass is 9.85. The average molecular weight is 844 g/mol. The van der Waals surface area contributed by atoms with Crippen molar-refractivity contribution in [3.8, 4) is 34.0 Å². The lowest BCUT2D eigenvalue weighted by Gasteiger charge is -2.27. The summed E-state index contributed by atoms with van der Waals surface area (Å²) in [5.74, 6) is -0.701. The number of nitrogens with one attached hydrogen (secondary N) is 3. The summed E-state index contributed by atoms with van der Waals surface area (Å²) in [5, 5.41) is 66.1. The van der Waals surface area contributed by atoms with E-state index in [4.69, 9.17) is 20.6 Å². The smallest absolute Gasteiger partial charge is 0.242 e. The Kier molecular flexibility index (Phi) is 19.1. The monoisotopic (exact) mass is 843 g/mol. The highest BCUT2D eigenvalue weighted by molar-refractivity contribution is 5.90. The van der Waals surface area contributed by atoms with Crippen molar-refractivity contribution < 1.29 is 49.8 Å². The number of nitrogens with zero attached hydrogens (tertiary/aromatic N) is 1. The molecular formula is C46H61N5O10. The molecule has 6 atom stereocenters. The number of ether oxygens (including phenoxy) is 1. The van der Waals surface area contributed by atoms with Crippen molar-refractivity contribution in [3.63, 3.8) is 0 Å². The van der Waals surface area contributed by atoms with Gasteiger partial charge in [-0.1, -0.05) is 86.6 Å². The molecule has 0 saturated heterocycles. The number of aliphatic hydroxyl groups is 5. The maximum Gasteiger partial charge on any atom is 0.242 e. The number of amides is 3. The molecule has 330 valence electrons. The van der Waals surface area contributed by atoms with Gasteiger partial charge in [0.25, 0.3) is 0 Å². The number of aliphatic hydroxyl groups excluding tert-OH is 5. The normalized spacial score (nSPS) is 14.5. The van der Waals surface area contributed by atoms with Crippen LogP contribution in [0.25, 0.3) is 22.4 Å². The highest BCUT2D eigenvalue weighted by atomic mass is 16.5. The van der Waals surface area contributed by atoms with Gasteiger partial charge in [0.1, 0.15) is 30.1 Å². The summed E-state index contributed by atoms with van der Waals surface area (Å²) < 4.78 is 6.15. The Hall–Kier alpha value is -5.42. The van der Waals surface area contributed by atoms with Crippen LogP contribution in [0.4, 0.5) is 0 Å². The topological polar surface area (TPSA) is 257 Å². The second-order valence-electron chi connectivity index (χ2n) is 15.8. The first-order valence-corrected chi connectivity index (χ1v) is 20.7. The summed E-state index contributed by atoms with van der Waals surface area (Å²) >= 11 is 0. The number of phenols is 1. The van der Waals surface area contributed by atoms with E-state index in [1.54, 1.807) is 12.1 Å². The molecular weight excluding hydrogens is 783 g/mol. The zero-order valence-corrected chi connectivity index (χ0v) is 34.8. The molecule has 0 fully saturated rings. The minimum atomic E-state index is -1.82. The van der Waals surface area contributed by atoms with Gasteiger partial charge >= 0.3 is 0 Å². The van der Waals surface area contributed by atoms with Gasteiger partial charge in [-0.15, -0.1) is 0 Å². The highest BCUT2D eigenvalue weighted by Crippen LogP contribution is 2.29. The zero-order valence-electron chi connectivity index (χ0n) is 34.8. The van der Waals surface area contributed by atoms with Crippen molar-refractivity contribution in [2.75, 3.05) is 26.3 Å². The average Bonchev–Trinajstić information content (AvgIpc) is 3.27. The third-order valence-electron chi connectivity index (χ3n) is 10.4. The summed E-state index contributed by atoms with van der Waals surface area (Å²) in [7, 11) is 0. The number of hydrogen-bond donors (Lipinski definition) is 10. The number of phenolic OH excluding ortho intramolecular Hbond substituents is 1. The second-order valence-corrected chi connectivity index (χ2v) is 15.8. The van der Waals surface area contributed by atoms with Crippen LogP contribution < -0.4 is 26.4 Å². The molecule has 0 saturated carbocycles. The van der Waals surface area contributed by atoms with Crippen LogP contribution in [0.15, 0.2) is 97.1 Å². The molecule has 15 heteroatoms. The van der Waals surface area contributed by atoms with Gasteiger partial charge in [0, 0.05) is 36.6 Å². The summed E-state index contributed by atoms with van der Waals surface area (Å²) in [5.41, 5.74) is 9.73. The van der Waals surface area contributed by atoms with Crippen molar-refractivity contribution >= 4 is 17.7 Å². The fraction of sp³-hybridized carbons (Fsp3) is 0.435. The van der Waals surface area contributed by atoms with Crippen LogP contribution in [0, 0.1) is 5.41 Å². The molecule has 1 heterocycles. The molecule has 4 rings (SSSR count). The van der Waals surface area contributed by atoms with E-state index < -0.39 is 66.9 Å². The molecule has 3 amide bonds. The number of hydrogen-bond acceptors (Lipinski definition) is 12. The molecule has 3 aromatic carbocycles. The first-order chi connectivity index (χ1) is 29.2. The summed E-state index contributed by atoms with van der Waals surface area (Å²) in [6.07, 6.45) is -3.70. The maximum absolute atomic E-state index is 13.7. The highest BCUT2D eigenvalue weighted by Gasteiger charge is 2.32. The Morgan fingerprint density at radius 2 is 1.39 bits per heavy atom. The first kappa shape index (κ1) is 48.2. The fourth-order valence-corrected chi connectivity index (χ4v) is 6.50. The summed E-state index contributed by atoms with van der Waals surface area (Å²) in [6.45, 7) is 3.04. The number of benzene rings is 3. The van der Waals surface area contributed by atoms with Gasteiger partial charge < -0.3 is 57.1 Å². The van der Waals surface area contributed by atoms with Crippen LogP contribution in [-0.2, 0) is 20.8 Å². The number of aromatic hydroxyl groups is 1. The van der Waals surface area contributed by atoms with Gasteiger partial charge in [-0.3, -0.25) is 14.4 Å². The van der Waals surface area contributed by atoms with Crippen molar-refractivity contribution in [1.82, 2.24) is 20.9 Å². The van der Waals surface area contributed by atoms with Crippen LogP contribution in [0.5, 0.6) is 11.6 Å². The van der Waals surface area contributed by atoms with E-state index in [0.717, 1.165) is 27.9 Å². The first-order valence-electron chi connectivity index (χ1n) is 20.7. The fourth-order valence-electron chi connectivity index (χ4n) is 6.50. The maximum atomic E-state index is 13.7. The van der Waals surface area contributed by atoms with E-state index in [9.17, 15) is 39.9 Å². The van der Waals surface area contributed by atoms with E-state index in [1.807, 2.05) is 86.6 Å². The molecule has 15 nitrogen and oxygen atoms in total. The largest absolute Gasteiger partial charge is 0.508 e. The molecule has 0 aliphatic carbocycles. The Balaban J connectivity index is 1.25. The molecule has 6 unspecified atom stereocenters. The van der Waals surface area contributed by atoms with Gasteiger partial charge in [0.05, 0.1) is 31.1 Å². The van der Waals surface area contributed by atoms with Gasteiger partial charge in [-0.05, 0) is 73.4 Å². The number of aromatic nitrogens is 1. The quantitative estimate of drug-likeness (QED) is 0.0432. The molecule has 11 N–H and O–H groups in total. The van der Waals surface area contributed by atoms with E-state index >= 15 is 0 Å². The van der Waals surface area contributed by atoms with E-state index in [0.29, 0.717) is 44.6 Å². The van der Waals surface area contributed by atoms with Crippen molar-refractivity contribution in [3.05, 3.63) is 103 Å². The molecule has 0 aliphatic rings. The Morgan fingerprint density at radius 3 is 2.05 bits per heavy atom. The number of pyridine rings is 1.